The molecule has 0 aliphatic rings. The lowest BCUT2D eigenvalue weighted by molar-refractivity contribution is -0.117. The molecule has 0 unspecified atom stereocenters. The zero-order chi connectivity index (χ0) is 24.5. The largest absolute Gasteiger partial charge is 0.457 e. The van der Waals surface area contributed by atoms with Gasteiger partial charge in [-0.25, -0.2) is 10.2 Å². The number of rotatable bonds is 8. The molecule has 2 aromatic heterocycles. The predicted molar refractivity (Wildman–Crippen MR) is 132 cm³/mol. The summed E-state index contributed by atoms with van der Waals surface area (Å²) < 4.78 is 10.2. The van der Waals surface area contributed by atoms with E-state index in [0.29, 0.717) is 16.9 Å². The summed E-state index contributed by atoms with van der Waals surface area (Å²) in [7, 11) is 0. The smallest absolute Gasteiger partial charge is 0.379 e. The number of ether oxygens (including phenoxy) is 1. The Balaban J connectivity index is 1.39. The lowest BCUT2D eigenvalue weighted by Gasteiger charge is -2.08. The summed E-state index contributed by atoms with van der Waals surface area (Å²) in [5.74, 6) is -1.16. The second-order valence-corrected chi connectivity index (χ2v) is 8.01. The maximum absolute atomic E-state index is 12.7. The molecule has 0 radical (unpaired) electrons. The molecule has 0 atom stereocenters. The first-order valence-electron chi connectivity index (χ1n) is 10.4. The summed E-state index contributed by atoms with van der Waals surface area (Å²) in [6.45, 7) is 0. The number of furan rings is 1. The SMILES string of the molecule is O=C(N/N=C\c1ccc(OC(=O)c2ccco2)cc1)/C(=C\c1cccs1)NC(=O)c1ccccc1. The highest BCUT2D eigenvalue weighted by Gasteiger charge is 2.15. The van der Waals surface area contributed by atoms with Gasteiger partial charge in [0.2, 0.25) is 5.76 Å². The van der Waals surface area contributed by atoms with Crippen LogP contribution in [0.15, 0.2) is 106 Å². The normalized spacial score (nSPS) is 11.3. The van der Waals surface area contributed by atoms with Crippen molar-refractivity contribution in [3.05, 3.63) is 118 Å². The number of carbonyl (C=O) groups excluding carboxylic acids is 3. The number of carbonyl (C=O) groups is 3. The molecule has 35 heavy (non-hydrogen) atoms. The fourth-order valence-corrected chi connectivity index (χ4v) is 3.51. The standard InChI is InChI=1S/C26H19N3O5S/c30-24(19-6-2-1-3-7-19)28-22(16-21-8-5-15-35-21)25(31)29-27-17-18-10-12-20(13-11-18)34-26(32)23-9-4-14-33-23/h1-17H,(H,28,30)(H,29,31)/b22-16+,27-17-. The van der Waals surface area contributed by atoms with Gasteiger partial charge < -0.3 is 14.5 Å². The van der Waals surface area contributed by atoms with Crippen LogP contribution in [0.3, 0.4) is 0 Å². The van der Waals surface area contributed by atoms with Crippen LogP contribution in [-0.4, -0.2) is 24.0 Å². The minimum absolute atomic E-state index is 0.0543. The van der Waals surface area contributed by atoms with E-state index in [4.69, 9.17) is 9.15 Å². The van der Waals surface area contributed by atoms with Crippen molar-refractivity contribution >= 4 is 41.4 Å². The molecule has 0 bridgehead atoms. The molecule has 0 fully saturated rings. The number of hydrazone groups is 1. The summed E-state index contributed by atoms with van der Waals surface area (Å²) in [6, 6.07) is 21.9. The minimum atomic E-state index is -0.605. The maximum Gasteiger partial charge on any atom is 0.379 e. The van der Waals surface area contributed by atoms with Gasteiger partial charge >= 0.3 is 5.97 Å². The molecule has 4 aromatic rings. The van der Waals surface area contributed by atoms with Crippen LogP contribution in [0.4, 0.5) is 0 Å². The topological polar surface area (TPSA) is 110 Å². The van der Waals surface area contributed by atoms with Crippen LogP contribution in [0.25, 0.3) is 6.08 Å². The van der Waals surface area contributed by atoms with Crippen molar-refractivity contribution in [3.63, 3.8) is 0 Å². The lowest BCUT2D eigenvalue weighted by atomic mass is 10.2. The number of hydrogen-bond acceptors (Lipinski definition) is 7. The van der Waals surface area contributed by atoms with Crippen LogP contribution in [0, 0.1) is 0 Å². The van der Waals surface area contributed by atoms with E-state index in [1.54, 1.807) is 66.7 Å². The van der Waals surface area contributed by atoms with E-state index in [9.17, 15) is 14.4 Å². The second kappa shape index (κ2) is 11.4. The molecule has 174 valence electrons. The van der Waals surface area contributed by atoms with Gasteiger partial charge in [-0.05, 0) is 71.6 Å². The fourth-order valence-electron chi connectivity index (χ4n) is 2.86. The molecule has 0 aliphatic carbocycles. The second-order valence-electron chi connectivity index (χ2n) is 7.03. The molecule has 0 aliphatic heterocycles. The third-order valence-corrected chi connectivity index (χ3v) is 5.37. The van der Waals surface area contributed by atoms with Gasteiger partial charge in [0.1, 0.15) is 11.4 Å². The highest BCUT2D eigenvalue weighted by atomic mass is 32.1. The number of esters is 1. The van der Waals surface area contributed by atoms with E-state index in [2.05, 4.69) is 15.8 Å². The van der Waals surface area contributed by atoms with Gasteiger partial charge in [0.15, 0.2) is 0 Å². The first kappa shape index (κ1) is 23.4. The monoisotopic (exact) mass is 485 g/mol. The summed E-state index contributed by atoms with van der Waals surface area (Å²) in [5.41, 5.74) is 3.55. The molecular weight excluding hydrogens is 466 g/mol. The van der Waals surface area contributed by atoms with E-state index in [-0.39, 0.29) is 11.5 Å². The van der Waals surface area contributed by atoms with E-state index < -0.39 is 17.8 Å². The summed E-state index contributed by atoms with van der Waals surface area (Å²) in [6.07, 6.45) is 4.40. The average molecular weight is 486 g/mol. The first-order valence-corrected chi connectivity index (χ1v) is 11.3. The van der Waals surface area contributed by atoms with Crippen molar-refractivity contribution in [2.75, 3.05) is 0 Å². The van der Waals surface area contributed by atoms with Gasteiger partial charge in [-0.1, -0.05) is 24.3 Å². The molecule has 2 heterocycles. The Morgan fingerprint density at radius 3 is 2.40 bits per heavy atom. The van der Waals surface area contributed by atoms with Crippen LogP contribution in [0.5, 0.6) is 5.75 Å². The third kappa shape index (κ3) is 6.62. The van der Waals surface area contributed by atoms with E-state index in [1.807, 2.05) is 17.5 Å². The molecule has 2 N–H and O–H groups in total. The molecule has 2 aromatic carbocycles. The molecular formula is C26H19N3O5S. The quantitative estimate of drug-likeness (QED) is 0.126. The van der Waals surface area contributed by atoms with Crippen LogP contribution in [0.2, 0.25) is 0 Å². The van der Waals surface area contributed by atoms with Crippen LogP contribution in [-0.2, 0) is 4.79 Å². The van der Waals surface area contributed by atoms with Crippen molar-refractivity contribution in [2.24, 2.45) is 5.10 Å². The zero-order valence-corrected chi connectivity index (χ0v) is 19.0. The maximum atomic E-state index is 12.7. The molecule has 9 heteroatoms. The van der Waals surface area contributed by atoms with Crippen LogP contribution >= 0.6 is 11.3 Å². The van der Waals surface area contributed by atoms with Gasteiger partial charge in [0.05, 0.1) is 12.5 Å². The van der Waals surface area contributed by atoms with Crippen molar-refractivity contribution in [2.45, 2.75) is 0 Å². The summed E-state index contributed by atoms with van der Waals surface area (Å²) >= 11 is 1.43. The lowest BCUT2D eigenvalue weighted by Crippen LogP contribution is -2.32. The van der Waals surface area contributed by atoms with E-state index >= 15 is 0 Å². The zero-order valence-electron chi connectivity index (χ0n) is 18.2. The Labute approximate surface area is 204 Å². The summed E-state index contributed by atoms with van der Waals surface area (Å²) in [4.78, 5) is 38.0. The van der Waals surface area contributed by atoms with E-state index in [0.717, 1.165) is 4.88 Å². The van der Waals surface area contributed by atoms with Crippen molar-refractivity contribution in [1.82, 2.24) is 10.7 Å². The Morgan fingerprint density at radius 1 is 0.914 bits per heavy atom. The predicted octanol–water partition coefficient (Wildman–Crippen LogP) is 4.48. The molecule has 8 nitrogen and oxygen atoms in total. The molecule has 2 amide bonds. The minimum Gasteiger partial charge on any atom is -0.457 e. The van der Waals surface area contributed by atoms with Gasteiger partial charge in [-0.2, -0.15) is 5.10 Å². The van der Waals surface area contributed by atoms with Gasteiger partial charge in [-0.3, -0.25) is 9.59 Å². The van der Waals surface area contributed by atoms with Gasteiger partial charge in [-0.15, -0.1) is 11.3 Å². The third-order valence-electron chi connectivity index (χ3n) is 4.55. The molecule has 0 saturated heterocycles. The molecule has 0 spiro atoms. The number of amides is 2. The van der Waals surface area contributed by atoms with Gasteiger partial charge in [0, 0.05) is 10.4 Å². The number of nitrogens with one attached hydrogen (secondary N) is 2. The Hall–Kier alpha value is -4.76. The van der Waals surface area contributed by atoms with Crippen LogP contribution in [0.1, 0.15) is 31.4 Å². The highest BCUT2D eigenvalue weighted by molar-refractivity contribution is 7.10. The number of nitrogens with zero attached hydrogens (tertiary/aromatic N) is 1. The van der Waals surface area contributed by atoms with E-state index in [1.165, 1.54) is 29.9 Å². The van der Waals surface area contributed by atoms with Gasteiger partial charge in [0.25, 0.3) is 11.8 Å². The van der Waals surface area contributed by atoms with Crippen molar-refractivity contribution < 1.29 is 23.5 Å². The molecule has 0 saturated carbocycles. The Kier molecular flexibility index (Phi) is 7.62. The number of thiophene rings is 1. The first-order chi connectivity index (χ1) is 17.1. The average Bonchev–Trinajstić information content (AvgIpc) is 3.60. The molecule has 4 rings (SSSR count). The number of hydrogen-bond donors (Lipinski definition) is 2. The van der Waals surface area contributed by atoms with Crippen molar-refractivity contribution in [1.29, 1.82) is 0 Å². The summed E-state index contributed by atoms with van der Waals surface area (Å²) in [5, 5.41) is 8.48. The van der Waals surface area contributed by atoms with Crippen LogP contribution < -0.4 is 15.5 Å². The Bertz CT molecular complexity index is 1340. The van der Waals surface area contributed by atoms with Crippen molar-refractivity contribution in [3.8, 4) is 5.75 Å². The fraction of sp³-hybridized carbons (Fsp3) is 0. The highest BCUT2D eigenvalue weighted by Crippen LogP contribution is 2.15. The number of benzene rings is 2. The Morgan fingerprint density at radius 2 is 1.71 bits per heavy atom.